The Morgan fingerprint density at radius 1 is 1.14 bits per heavy atom. The van der Waals surface area contributed by atoms with E-state index in [2.05, 4.69) is 22.6 Å². The van der Waals surface area contributed by atoms with Crippen LogP contribution >= 0.6 is 0 Å². The maximum Gasteiger partial charge on any atom is 0.259 e. The van der Waals surface area contributed by atoms with Gasteiger partial charge in [0, 0.05) is 32.2 Å². The highest BCUT2D eigenvalue weighted by Crippen LogP contribution is 2.28. The molecule has 1 aliphatic heterocycles. The maximum absolute atomic E-state index is 13.7. The van der Waals surface area contributed by atoms with E-state index in [-0.39, 0.29) is 23.9 Å². The summed E-state index contributed by atoms with van der Waals surface area (Å²) in [5, 5.41) is 7.15. The number of aromatic nitrogens is 1. The molecule has 7 heteroatoms. The minimum absolute atomic E-state index is 0.00573. The molecule has 2 aromatic carbocycles. The largest absolute Gasteiger partial charge is 0.369 e. The van der Waals surface area contributed by atoms with E-state index >= 15 is 0 Å². The summed E-state index contributed by atoms with van der Waals surface area (Å²) in [6.45, 7) is 2.27. The Hall–Kier alpha value is -3.87. The highest BCUT2D eigenvalue weighted by molar-refractivity contribution is 6.00. The third kappa shape index (κ3) is 5.62. The third-order valence-electron chi connectivity index (χ3n) is 6.57. The molecule has 0 saturated heterocycles. The van der Waals surface area contributed by atoms with Gasteiger partial charge in [0.2, 0.25) is 5.91 Å². The summed E-state index contributed by atoms with van der Waals surface area (Å²) in [5.41, 5.74) is 2.98. The number of nitrogens with zero attached hydrogens (tertiary/aromatic N) is 3. The lowest BCUT2D eigenvalue weighted by Crippen LogP contribution is -2.44. The summed E-state index contributed by atoms with van der Waals surface area (Å²) in [7, 11) is 3.72. The highest BCUT2D eigenvalue weighted by Gasteiger charge is 2.29. The van der Waals surface area contributed by atoms with E-state index in [4.69, 9.17) is 4.52 Å². The second kappa shape index (κ2) is 11.0. The molecule has 0 saturated carbocycles. The van der Waals surface area contributed by atoms with E-state index in [9.17, 15) is 9.59 Å². The first kappa shape index (κ1) is 24.3. The van der Waals surface area contributed by atoms with Crippen molar-refractivity contribution in [2.24, 2.45) is 0 Å². The monoisotopic (exact) mass is 472 g/mol. The van der Waals surface area contributed by atoms with Gasteiger partial charge in [-0.05, 0) is 37.9 Å². The van der Waals surface area contributed by atoms with Gasteiger partial charge in [-0.15, -0.1) is 0 Å². The van der Waals surface area contributed by atoms with Crippen LogP contribution in [0.1, 0.15) is 34.5 Å². The number of aryl methyl sites for hydroxylation is 1. The van der Waals surface area contributed by atoms with Crippen molar-refractivity contribution < 1.29 is 14.1 Å². The molecular formula is C28H32N4O3. The van der Waals surface area contributed by atoms with Crippen molar-refractivity contribution in [1.29, 1.82) is 0 Å². The lowest BCUT2D eigenvalue weighted by Gasteiger charge is -2.29. The molecule has 0 radical (unpaired) electrons. The first-order valence-corrected chi connectivity index (χ1v) is 11.9. The number of rotatable bonds is 9. The first-order valence-electron chi connectivity index (χ1n) is 11.9. The summed E-state index contributed by atoms with van der Waals surface area (Å²) in [4.78, 5) is 30.0. The van der Waals surface area contributed by atoms with E-state index in [1.807, 2.05) is 79.8 Å². The molecule has 2 amide bonds. The zero-order valence-electron chi connectivity index (χ0n) is 20.5. The number of nitrogens with one attached hydrogen (secondary N) is 1. The fourth-order valence-corrected chi connectivity index (χ4v) is 4.47. The van der Waals surface area contributed by atoms with Gasteiger partial charge in [-0.1, -0.05) is 71.9 Å². The highest BCUT2D eigenvalue weighted by atomic mass is 16.5. The zero-order valence-corrected chi connectivity index (χ0v) is 20.5. The Labute approximate surface area is 206 Å². The average molecular weight is 473 g/mol. The fourth-order valence-electron chi connectivity index (χ4n) is 4.47. The van der Waals surface area contributed by atoms with Crippen LogP contribution in [0.5, 0.6) is 0 Å². The lowest BCUT2D eigenvalue weighted by molar-refractivity contribution is -0.124. The molecule has 2 atom stereocenters. The summed E-state index contributed by atoms with van der Waals surface area (Å²) in [6.07, 6.45) is 5.94. The first-order chi connectivity index (χ1) is 17.0. The van der Waals surface area contributed by atoms with Gasteiger partial charge in [0.25, 0.3) is 5.91 Å². The molecule has 0 fully saturated rings. The second-order valence-corrected chi connectivity index (χ2v) is 8.98. The van der Waals surface area contributed by atoms with Crippen molar-refractivity contribution in [3.8, 4) is 11.3 Å². The summed E-state index contributed by atoms with van der Waals surface area (Å²) in [6, 6.07) is 19.3. The predicted octanol–water partition coefficient (Wildman–Crippen LogP) is 4.06. The van der Waals surface area contributed by atoms with Crippen LogP contribution < -0.4 is 5.32 Å². The molecule has 1 aromatic heterocycles. The van der Waals surface area contributed by atoms with Gasteiger partial charge in [0.05, 0.1) is 5.69 Å². The second-order valence-electron chi connectivity index (χ2n) is 8.98. The molecular weight excluding hydrogens is 440 g/mol. The summed E-state index contributed by atoms with van der Waals surface area (Å²) >= 11 is 0. The van der Waals surface area contributed by atoms with Crippen molar-refractivity contribution in [2.75, 3.05) is 20.6 Å². The maximum atomic E-state index is 13.7. The molecule has 0 aliphatic carbocycles. The molecule has 35 heavy (non-hydrogen) atoms. The molecule has 7 nitrogen and oxygen atoms in total. The van der Waals surface area contributed by atoms with Crippen molar-refractivity contribution in [3.05, 3.63) is 89.8 Å². The molecule has 1 aliphatic rings. The van der Waals surface area contributed by atoms with Gasteiger partial charge in [0.15, 0.2) is 5.76 Å². The van der Waals surface area contributed by atoms with E-state index in [1.165, 1.54) is 0 Å². The molecule has 0 bridgehead atoms. The van der Waals surface area contributed by atoms with E-state index in [0.29, 0.717) is 42.8 Å². The van der Waals surface area contributed by atoms with Crippen LogP contribution in [-0.4, -0.2) is 59.5 Å². The van der Waals surface area contributed by atoms with Crippen molar-refractivity contribution >= 4 is 11.8 Å². The van der Waals surface area contributed by atoms with Gasteiger partial charge < -0.3 is 19.6 Å². The number of hydrogen-bond donors (Lipinski definition) is 1. The van der Waals surface area contributed by atoms with Crippen molar-refractivity contribution in [2.45, 2.75) is 38.3 Å². The topological polar surface area (TPSA) is 78.7 Å². The standard InChI is InChI=1S/C28H32N4O3/c1-20-25(26(35-30-20)22-13-8-5-9-14-22)28(34)32(3)23(19-21-11-6-4-7-12-21)16-17-29-27(33)24-15-10-18-31(24)2/h4-14,18,23-24H,15-17,19H2,1-3H3,(H,29,33)/t23-,24?/m1/s1. The molecule has 0 spiro atoms. The van der Waals surface area contributed by atoms with Crippen LogP contribution in [0, 0.1) is 6.92 Å². The van der Waals surface area contributed by atoms with Crippen molar-refractivity contribution in [1.82, 2.24) is 20.3 Å². The van der Waals surface area contributed by atoms with E-state index in [0.717, 1.165) is 11.1 Å². The molecule has 2 heterocycles. The van der Waals surface area contributed by atoms with Crippen LogP contribution in [0.2, 0.25) is 0 Å². The van der Waals surface area contributed by atoms with E-state index in [1.54, 1.807) is 11.8 Å². The zero-order chi connectivity index (χ0) is 24.8. The summed E-state index contributed by atoms with van der Waals surface area (Å²) < 4.78 is 5.57. The molecule has 1 unspecified atom stereocenters. The number of benzene rings is 2. The average Bonchev–Trinajstić information content (AvgIpc) is 3.49. The van der Waals surface area contributed by atoms with Crippen LogP contribution in [0.15, 0.2) is 77.5 Å². The smallest absolute Gasteiger partial charge is 0.259 e. The molecule has 4 rings (SSSR count). The predicted molar refractivity (Wildman–Crippen MR) is 136 cm³/mol. The molecule has 1 N–H and O–H groups in total. The number of carbonyl (C=O) groups excluding carboxylic acids is 2. The Balaban J connectivity index is 1.51. The van der Waals surface area contributed by atoms with Crippen LogP contribution in [-0.2, 0) is 11.2 Å². The normalized spacial score (nSPS) is 15.7. The Morgan fingerprint density at radius 2 is 1.83 bits per heavy atom. The third-order valence-corrected chi connectivity index (χ3v) is 6.57. The van der Waals surface area contributed by atoms with E-state index < -0.39 is 0 Å². The number of hydrogen-bond acceptors (Lipinski definition) is 5. The van der Waals surface area contributed by atoms with Gasteiger partial charge in [-0.3, -0.25) is 9.59 Å². The quantitative estimate of drug-likeness (QED) is 0.508. The lowest BCUT2D eigenvalue weighted by atomic mass is 10.00. The van der Waals surface area contributed by atoms with Crippen LogP contribution in [0.25, 0.3) is 11.3 Å². The minimum atomic E-state index is -0.171. The Bertz CT molecular complexity index is 1170. The minimum Gasteiger partial charge on any atom is -0.369 e. The molecule has 182 valence electrons. The fraction of sp³-hybridized carbons (Fsp3) is 0.321. The number of amides is 2. The Morgan fingerprint density at radius 3 is 2.49 bits per heavy atom. The number of likely N-dealkylation sites (N-methyl/N-ethyl adjacent to an activating group) is 2. The van der Waals surface area contributed by atoms with Gasteiger partial charge in [0.1, 0.15) is 11.6 Å². The van der Waals surface area contributed by atoms with Crippen LogP contribution in [0.3, 0.4) is 0 Å². The van der Waals surface area contributed by atoms with Crippen LogP contribution in [0.4, 0.5) is 0 Å². The molecule has 3 aromatic rings. The van der Waals surface area contributed by atoms with Gasteiger partial charge in [-0.2, -0.15) is 0 Å². The summed E-state index contributed by atoms with van der Waals surface area (Å²) in [5.74, 6) is 0.337. The van der Waals surface area contributed by atoms with Gasteiger partial charge in [-0.25, -0.2) is 0 Å². The van der Waals surface area contributed by atoms with Crippen molar-refractivity contribution in [3.63, 3.8) is 0 Å². The SMILES string of the molecule is Cc1noc(-c2ccccc2)c1C(=O)N(C)[C@H](CCNC(=O)C1CC=CN1C)Cc1ccccc1. The Kier molecular flexibility index (Phi) is 7.65. The van der Waals surface area contributed by atoms with Gasteiger partial charge >= 0.3 is 0 Å². The number of carbonyl (C=O) groups is 2.